The summed E-state index contributed by atoms with van der Waals surface area (Å²) in [5.41, 5.74) is 4.93. The molecule has 2 N–H and O–H groups in total. The molecule has 0 aromatic heterocycles. The van der Waals surface area contributed by atoms with Crippen LogP contribution in [0.2, 0.25) is 0 Å². The van der Waals surface area contributed by atoms with E-state index in [2.05, 4.69) is 13.8 Å². The second-order valence-corrected chi connectivity index (χ2v) is 10.3. The number of fused-ring (bicyclic) bond motifs is 3. The number of ether oxygens (including phenoxy) is 7. The first-order valence-electron chi connectivity index (χ1n) is 10.6. The van der Waals surface area contributed by atoms with Crippen LogP contribution in [0, 0.1) is 0 Å². The fraction of sp³-hybridized carbons (Fsp3) is 1.00. The van der Waals surface area contributed by atoms with Crippen LogP contribution in [0.25, 0.3) is 0 Å². The Morgan fingerprint density at radius 1 is 0.793 bits per heavy atom. The maximum atomic E-state index is 6.38. The molecule has 8 nitrogen and oxygen atoms in total. The third-order valence-electron chi connectivity index (χ3n) is 5.49. The van der Waals surface area contributed by atoms with Gasteiger partial charge in [-0.25, -0.2) is 0 Å². The van der Waals surface area contributed by atoms with Crippen molar-refractivity contribution in [2.45, 2.75) is 122 Å². The van der Waals surface area contributed by atoms with E-state index >= 15 is 0 Å². The standard InChI is InChI=1S/C21H39NO7/c1-18(2,9-11-22)23-12-10-19(3,4)27-17-14-13(25-20(5,6)29-17)15-16(24-14)28-21(7,8)26-15/h13-17H,9-12,22H2,1-8H3. The molecule has 0 aromatic rings. The first kappa shape index (κ1) is 23.3. The van der Waals surface area contributed by atoms with Crippen molar-refractivity contribution in [1.29, 1.82) is 0 Å². The minimum atomic E-state index is -0.824. The Kier molecular flexibility index (Phi) is 6.43. The summed E-state index contributed by atoms with van der Waals surface area (Å²) in [4.78, 5) is 0. The van der Waals surface area contributed by atoms with Gasteiger partial charge in [0, 0.05) is 0 Å². The highest BCUT2D eigenvalue weighted by atomic mass is 16.9. The smallest absolute Gasteiger partial charge is 0.190 e. The minimum absolute atomic E-state index is 0.249. The van der Waals surface area contributed by atoms with Crippen molar-refractivity contribution in [1.82, 2.24) is 0 Å². The zero-order valence-corrected chi connectivity index (χ0v) is 19.2. The first-order chi connectivity index (χ1) is 13.2. The Morgan fingerprint density at radius 2 is 1.41 bits per heavy atom. The van der Waals surface area contributed by atoms with E-state index in [0.717, 1.165) is 6.42 Å². The zero-order valence-electron chi connectivity index (χ0n) is 19.2. The van der Waals surface area contributed by atoms with Gasteiger partial charge in [0.2, 0.25) is 0 Å². The molecule has 0 aliphatic carbocycles. The van der Waals surface area contributed by atoms with Crippen LogP contribution in [0.15, 0.2) is 0 Å². The quantitative estimate of drug-likeness (QED) is 0.645. The summed E-state index contributed by atoms with van der Waals surface area (Å²) in [6.45, 7) is 16.8. The van der Waals surface area contributed by atoms with Gasteiger partial charge in [-0.1, -0.05) is 0 Å². The molecule has 0 bridgehead atoms. The normalized spacial score (nSPS) is 36.1. The topological polar surface area (TPSA) is 90.6 Å². The zero-order chi connectivity index (χ0) is 21.7. The lowest BCUT2D eigenvalue weighted by Gasteiger charge is -2.45. The molecule has 3 rings (SSSR count). The number of nitrogens with two attached hydrogens (primary N) is 1. The van der Waals surface area contributed by atoms with Crippen LogP contribution < -0.4 is 5.73 Å². The lowest BCUT2D eigenvalue weighted by atomic mass is 10.0. The summed E-state index contributed by atoms with van der Waals surface area (Å²) >= 11 is 0. The molecule has 0 amide bonds. The van der Waals surface area contributed by atoms with E-state index in [0.29, 0.717) is 19.6 Å². The van der Waals surface area contributed by atoms with E-state index < -0.39 is 35.9 Å². The summed E-state index contributed by atoms with van der Waals surface area (Å²) in [7, 11) is 0. The molecule has 3 saturated heterocycles. The van der Waals surface area contributed by atoms with Crippen LogP contribution in [0.4, 0.5) is 0 Å². The van der Waals surface area contributed by atoms with E-state index in [1.54, 1.807) is 0 Å². The van der Waals surface area contributed by atoms with Crippen molar-refractivity contribution < 1.29 is 33.2 Å². The van der Waals surface area contributed by atoms with Crippen LogP contribution >= 0.6 is 0 Å². The molecule has 3 heterocycles. The summed E-state index contributed by atoms with van der Waals surface area (Å²) in [6.07, 6.45) is -0.653. The van der Waals surface area contributed by atoms with Crippen LogP contribution in [-0.4, -0.2) is 66.8 Å². The maximum absolute atomic E-state index is 6.38. The lowest BCUT2D eigenvalue weighted by molar-refractivity contribution is -0.401. The highest BCUT2D eigenvalue weighted by molar-refractivity contribution is 4.99. The molecule has 0 spiro atoms. The third kappa shape index (κ3) is 5.68. The van der Waals surface area contributed by atoms with Crippen LogP contribution in [-0.2, 0) is 33.2 Å². The highest BCUT2D eigenvalue weighted by Crippen LogP contribution is 2.45. The van der Waals surface area contributed by atoms with Gasteiger partial charge in [-0.05, 0) is 74.8 Å². The van der Waals surface area contributed by atoms with Crippen LogP contribution in [0.3, 0.4) is 0 Å². The SMILES string of the molecule is CC(C)(CCN)OCCC(C)(C)OC1OC(C)(C)OC2C1OC1OC(C)(C)OC12. The van der Waals surface area contributed by atoms with Crippen molar-refractivity contribution in [2.75, 3.05) is 13.2 Å². The van der Waals surface area contributed by atoms with Gasteiger partial charge in [0.15, 0.2) is 24.2 Å². The largest absolute Gasteiger partial charge is 0.375 e. The number of hydrogen-bond acceptors (Lipinski definition) is 8. The molecule has 3 aliphatic heterocycles. The van der Waals surface area contributed by atoms with Gasteiger partial charge in [0.25, 0.3) is 0 Å². The fourth-order valence-electron chi connectivity index (χ4n) is 4.02. The summed E-state index contributed by atoms with van der Waals surface area (Å²) in [6, 6.07) is 0. The molecule has 8 heteroatoms. The van der Waals surface area contributed by atoms with Gasteiger partial charge in [-0.3, -0.25) is 0 Å². The van der Waals surface area contributed by atoms with E-state index in [1.165, 1.54) is 0 Å². The minimum Gasteiger partial charge on any atom is -0.375 e. The predicted octanol–water partition coefficient (Wildman–Crippen LogP) is 2.67. The predicted molar refractivity (Wildman–Crippen MR) is 106 cm³/mol. The lowest BCUT2D eigenvalue weighted by Crippen LogP contribution is -2.58. The van der Waals surface area contributed by atoms with Crippen molar-refractivity contribution in [3.05, 3.63) is 0 Å². The van der Waals surface area contributed by atoms with E-state index in [9.17, 15) is 0 Å². The fourth-order valence-corrected chi connectivity index (χ4v) is 4.02. The third-order valence-corrected chi connectivity index (χ3v) is 5.49. The number of hydrogen-bond donors (Lipinski definition) is 1. The first-order valence-corrected chi connectivity index (χ1v) is 10.6. The Bertz CT molecular complexity index is 577. The molecule has 29 heavy (non-hydrogen) atoms. The monoisotopic (exact) mass is 417 g/mol. The average Bonchev–Trinajstić information content (AvgIpc) is 2.98. The van der Waals surface area contributed by atoms with Gasteiger partial charge >= 0.3 is 0 Å². The molecule has 170 valence electrons. The van der Waals surface area contributed by atoms with Gasteiger partial charge in [-0.2, -0.15) is 0 Å². The van der Waals surface area contributed by atoms with Gasteiger partial charge in [0.1, 0.15) is 18.3 Å². The van der Waals surface area contributed by atoms with Crippen molar-refractivity contribution in [2.24, 2.45) is 5.73 Å². The molecule has 3 aliphatic rings. The molecule has 5 atom stereocenters. The van der Waals surface area contributed by atoms with Crippen molar-refractivity contribution in [3.63, 3.8) is 0 Å². The van der Waals surface area contributed by atoms with Gasteiger partial charge in [0.05, 0.1) is 17.8 Å². The van der Waals surface area contributed by atoms with Crippen molar-refractivity contribution in [3.8, 4) is 0 Å². The summed E-state index contributed by atoms with van der Waals surface area (Å²) in [5, 5.41) is 0. The molecular formula is C21H39NO7. The van der Waals surface area contributed by atoms with E-state index in [1.807, 2.05) is 41.5 Å². The molecule has 0 aromatic carbocycles. The van der Waals surface area contributed by atoms with Crippen molar-refractivity contribution >= 4 is 0 Å². The molecule has 0 radical (unpaired) electrons. The van der Waals surface area contributed by atoms with E-state index in [4.69, 9.17) is 38.9 Å². The molecule has 0 saturated carbocycles. The average molecular weight is 418 g/mol. The molecule has 5 unspecified atom stereocenters. The molecular weight excluding hydrogens is 378 g/mol. The Balaban J connectivity index is 1.62. The Labute approximate surface area is 174 Å². The molecule has 3 fully saturated rings. The second kappa shape index (κ2) is 7.98. The Morgan fingerprint density at radius 3 is 2.07 bits per heavy atom. The maximum Gasteiger partial charge on any atom is 0.190 e. The Hall–Kier alpha value is -0.320. The van der Waals surface area contributed by atoms with Gasteiger partial charge in [-0.15, -0.1) is 0 Å². The summed E-state index contributed by atoms with van der Waals surface area (Å²) in [5.74, 6) is -1.52. The summed E-state index contributed by atoms with van der Waals surface area (Å²) < 4.78 is 42.6. The highest BCUT2D eigenvalue weighted by Gasteiger charge is 2.62. The number of rotatable bonds is 8. The van der Waals surface area contributed by atoms with Crippen LogP contribution in [0.5, 0.6) is 0 Å². The van der Waals surface area contributed by atoms with Gasteiger partial charge < -0.3 is 38.9 Å². The second-order valence-electron chi connectivity index (χ2n) is 10.3. The van der Waals surface area contributed by atoms with Crippen LogP contribution in [0.1, 0.15) is 68.2 Å². The van der Waals surface area contributed by atoms with E-state index in [-0.39, 0.29) is 17.8 Å².